The van der Waals surface area contributed by atoms with Crippen LogP contribution in [0.25, 0.3) is 10.9 Å². The minimum atomic E-state index is -0.949. The molecule has 0 saturated carbocycles. The number of H-pyrrole nitrogens is 1. The van der Waals surface area contributed by atoms with Gasteiger partial charge in [-0.05, 0) is 41.5 Å². The summed E-state index contributed by atoms with van der Waals surface area (Å²) in [4.78, 5) is 42.2. The monoisotopic (exact) mass is 503 g/mol. The highest BCUT2D eigenvalue weighted by atomic mass is 35.5. The van der Waals surface area contributed by atoms with E-state index in [-0.39, 0.29) is 12.8 Å². The number of benzene rings is 3. The van der Waals surface area contributed by atoms with Crippen LogP contribution >= 0.6 is 11.6 Å². The summed E-state index contributed by atoms with van der Waals surface area (Å²) in [5, 5.41) is 7.06. The lowest BCUT2D eigenvalue weighted by atomic mass is 10.0. The number of hydrogen-bond donors (Lipinski definition) is 3. The van der Waals surface area contributed by atoms with Crippen LogP contribution in [-0.2, 0) is 27.2 Å². The summed E-state index contributed by atoms with van der Waals surface area (Å²) in [6, 6.07) is 21.6. The van der Waals surface area contributed by atoms with Gasteiger partial charge in [0.05, 0.1) is 7.11 Å². The quantitative estimate of drug-likeness (QED) is 0.300. The summed E-state index contributed by atoms with van der Waals surface area (Å²) in [5.74, 6) is -1.49. The molecule has 8 heteroatoms. The van der Waals surface area contributed by atoms with Gasteiger partial charge in [-0.15, -0.1) is 0 Å². The van der Waals surface area contributed by atoms with Crippen molar-refractivity contribution in [2.24, 2.45) is 0 Å². The highest BCUT2D eigenvalue weighted by Gasteiger charge is 2.28. The first-order valence-electron chi connectivity index (χ1n) is 11.5. The van der Waals surface area contributed by atoms with E-state index < -0.39 is 29.9 Å². The summed E-state index contributed by atoms with van der Waals surface area (Å²) >= 11 is 5.95. The standard InChI is InChI=1S/C28H26ClN3O4/c1-36-28(35)25(15-18-7-3-2-4-8-18)32-27(34)24(31-26(33)19-11-13-21(29)14-12-19)16-20-17-30-23-10-6-5-9-22(20)23/h2-14,17,24-25,30H,15-16H2,1H3,(H,31,33)(H,32,34)/t24-,25-/m1/s1. The van der Waals surface area contributed by atoms with Crippen molar-refractivity contribution in [3.8, 4) is 0 Å². The van der Waals surface area contributed by atoms with Crippen molar-refractivity contribution in [2.45, 2.75) is 24.9 Å². The number of aromatic amines is 1. The molecule has 4 aromatic rings. The maximum atomic E-state index is 13.5. The molecule has 0 unspecified atom stereocenters. The third-order valence-electron chi connectivity index (χ3n) is 5.91. The lowest BCUT2D eigenvalue weighted by Gasteiger charge is -2.22. The zero-order valence-corrected chi connectivity index (χ0v) is 20.4. The summed E-state index contributed by atoms with van der Waals surface area (Å²) in [5.41, 5.74) is 3.02. The maximum Gasteiger partial charge on any atom is 0.328 e. The molecule has 0 aliphatic heterocycles. The molecule has 0 saturated heterocycles. The summed E-state index contributed by atoms with van der Waals surface area (Å²) in [6.45, 7) is 0. The number of carbonyl (C=O) groups is 3. The number of esters is 1. The number of halogens is 1. The Morgan fingerprint density at radius 3 is 2.28 bits per heavy atom. The number of hydrogen-bond acceptors (Lipinski definition) is 4. The highest BCUT2D eigenvalue weighted by molar-refractivity contribution is 6.30. The molecule has 2 amide bonds. The number of rotatable bonds is 9. The molecule has 7 nitrogen and oxygen atoms in total. The number of methoxy groups -OCH3 is 1. The fraction of sp³-hybridized carbons (Fsp3) is 0.179. The van der Waals surface area contributed by atoms with E-state index in [0.29, 0.717) is 10.6 Å². The van der Waals surface area contributed by atoms with Gasteiger partial charge in [0.25, 0.3) is 5.91 Å². The second kappa shape index (κ2) is 11.6. The minimum Gasteiger partial charge on any atom is -0.467 e. The predicted molar refractivity (Wildman–Crippen MR) is 139 cm³/mol. The summed E-state index contributed by atoms with van der Waals surface area (Å²) in [6.07, 6.45) is 2.29. The molecule has 2 atom stereocenters. The fourth-order valence-corrected chi connectivity index (χ4v) is 4.16. The summed E-state index contributed by atoms with van der Waals surface area (Å²) < 4.78 is 4.93. The Hall–Kier alpha value is -4.10. The van der Waals surface area contributed by atoms with Gasteiger partial charge in [-0.2, -0.15) is 0 Å². The van der Waals surface area contributed by atoms with Gasteiger partial charge in [0.1, 0.15) is 12.1 Å². The predicted octanol–water partition coefficient (Wildman–Crippen LogP) is 4.06. The van der Waals surface area contributed by atoms with E-state index in [1.165, 1.54) is 7.11 Å². The van der Waals surface area contributed by atoms with Crippen LogP contribution in [0.15, 0.2) is 85.1 Å². The van der Waals surface area contributed by atoms with Crippen molar-refractivity contribution in [3.63, 3.8) is 0 Å². The first-order chi connectivity index (χ1) is 17.4. The molecule has 1 aromatic heterocycles. The normalized spacial score (nSPS) is 12.5. The molecule has 0 fully saturated rings. The van der Waals surface area contributed by atoms with Crippen LogP contribution in [0, 0.1) is 0 Å². The van der Waals surface area contributed by atoms with E-state index >= 15 is 0 Å². The van der Waals surface area contributed by atoms with Crippen LogP contribution in [-0.4, -0.2) is 42.0 Å². The first-order valence-corrected chi connectivity index (χ1v) is 11.9. The fourth-order valence-electron chi connectivity index (χ4n) is 4.03. The van der Waals surface area contributed by atoms with Gasteiger partial charge in [-0.1, -0.05) is 60.1 Å². The van der Waals surface area contributed by atoms with Crippen molar-refractivity contribution in [1.29, 1.82) is 0 Å². The van der Waals surface area contributed by atoms with Gasteiger partial charge >= 0.3 is 5.97 Å². The number of carbonyl (C=O) groups excluding carboxylic acids is 3. The van der Waals surface area contributed by atoms with Crippen molar-refractivity contribution in [1.82, 2.24) is 15.6 Å². The molecule has 0 radical (unpaired) electrons. The Bertz CT molecular complexity index is 1350. The smallest absolute Gasteiger partial charge is 0.328 e. The van der Waals surface area contributed by atoms with Gasteiger partial charge in [0.2, 0.25) is 5.91 Å². The zero-order valence-electron chi connectivity index (χ0n) is 19.7. The van der Waals surface area contributed by atoms with E-state index in [1.807, 2.05) is 60.8 Å². The Morgan fingerprint density at radius 1 is 0.861 bits per heavy atom. The Balaban J connectivity index is 1.59. The van der Waals surface area contributed by atoms with E-state index in [2.05, 4.69) is 15.6 Å². The molecule has 3 N–H and O–H groups in total. The van der Waals surface area contributed by atoms with Crippen LogP contribution in [0.4, 0.5) is 0 Å². The average Bonchev–Trinajstić information content (AvgIpc) is 3.31. The number of nitrogens with one attached hydrogen (secondary N) is 3. The van der Waals surface area contributed by atoms with Crippen LogP contribution in [0.3, 0.4) is 0 Å². The van der Waals surface area contributed by atoms with Crippen molar-refractivity contribution in [3.05, 3.63) is 107 Å². The van der Waals surface area contributed by atoms with Crippen molar-refractivity contribution < 1.29 is 19.1 Å². The first kappa shape index (κ1) is 25.0. The van der Waals surface area contributed by atoms with E-state index in [1.54, 1.807) is 24.3 Å². The molecule has 1 heterocycles. The van der Waals surface area contributed by atoms with Crippen LogP contribution < -0.4 is 10.6 Å². The Morgan fingerprint density at radius 2 is 1.56 bits per heavy atom. The van der Waals surface area contributed by atoms with Crippen molar-refractivity contribution in [2.75, 3.05) is 7.11 Å². The molecule has 4 rings (SSSR count). The molecule has 0 bridgehead atoms. The van der Waals surface area contributed by atoms with Crippen LogP contribution in [0.5, 0.6) is 0 Å². The molecular weight excluding hydrogens is 478 g/mol. The van der Waals surface area contributed by atoms with Gasteiger partial charge in [-0.25, -0.2) is 4.79 Å². The molecule has 0 spiro atoms. The molecule has 0 aliphatic carbocycles. The van der Waals surface area contributed by atoms with E-state index in [0.717, 1.165) is 22.0 Å². The third-order valence-corrected chi connectivity index (χ3v) is 6.16. The number of fused-ring (bicyclic) bond motifs is 1. The maximum absolute atomic E-state index is 13.5. The third kappa shape index (κ3) is 6.12. The summed E-state index contributed by atoms with van der Waals surface area (Å²) in [7, 11) is 1.28. The largest absolute Gasteiger partial charge is 0.467 e. The zero-order chi connectivity index (χ0) is 25.5. The minimum absolute atomic E-state index is 0.217. The van der Waals surface area contributed by atoms with Crippen LogP contribution in [0.1, 0.15) is 21.5 Å². The molecular formula is C28H26ClN3O4. The molecule has 184 valence electrons. The highest BCUT2D eigenvalue weighted by Crippen LogP contribution is 2.20. The lowest BCUT2D eigenvalue weighted by molar-refractivity contribution is -0.145. The van der Waals surface area contributed by atoms with Crippen molar-refractivity contribution >= 4 is 40.3 Å². The van der Waals surface area contributed by atoms with Crippen LogP contribution in [0.2, 0.25) is 5.02 Å². The molecule has 3 aromatic carbocycles. The average molecular weight is 504 g/mol. The molecule has 36 heavy (non-hydrogen) atoms. The number of ether oxygens (including phenoxy) is 1. The van der Waals surface area contributed by atoms with Gasteiger partial charge in [0, 0.05) is 40.5 Å². The SMILES string of the molecule is COC(=O)[C@@H](Cc1ccccc1)NC(=O)[C@@H](Cc1c[nH]c2ccccc12)NC(=O)c1ccc(Cl)cc1. The molecule has 0 aliphatic rings. The second-order valence-corrected chi connectivity index (χ2v) is 8.81. The Labute approximate surface area is 213 Å². The lowest BCUT2D eigenvalue weighted by Crippen LogP contribution is -2.53. The Kier molecular flexibility index (Phi) is 8.02. The number of amides is 2. The van der Waals surface area contributed by atoms with Gasteiger partial charge < -0.3 is 20.4 Å². The number of aromatic nitrogens is 1. The van der Waals surface area contributed by atoms with Gasteiger partial charge in [0.15, 0.2) is 0 Å². The van der Waals surface area contributed by atoms with Gasteiger partial charge in [-0.3, -0.25) is 9.59 Å². The van der Waals surface area contributed by atoms with E-state index in [4.69, 9.17) is 16.3 Å². The van der Waals surface area contributed by atoms with E-state index in [9.17, 15) is 14.4 Å². The topological polar surface area (TPSA) is 100 Å². The second-order valence-electron chi connectivity index (χ2n) is 8.37. The number of para-hydroxylation sites is 1.